The Labute approximate surface area is 114 Å². The minimum atomic E-state index is -0.246. The van der Waals surface area contributed by atoms with Gasteiger partial charge in [0.15, 0.2) is 0 Å². The van der Waals surface area contributed by atoms with Crippen LogP contribution in [0.3, 0.4) is 0 Å². The van der Waals surface area contributed by atoms with Crippen LogP contribution in [0.4, 0.5) is 0 Å². The predicted molar refractivity (Wildman–Crippen MR) is 76.1 cm³/mol. The van der Waals surface area contributed by atoms with Gasteiger partial charge in [-0.2, -0.15) is 0 Å². The maximum Gasteiger partial charge on any atom is 0.0687 e. The highest BCUT2D eigenvalue weighted by molar-refractivity contribution is 6.31. The fraction of sp³-hybridized carbons (Fsp3) is 0.600. The SMILES string of the molecule is CC(C)C(O)CNC1CC(c2ccccc2Cl)C1. The van der Waals surface area contributed by atoms with E-state index < -0.39 is 0 Å². The van der Waals surface area contributed by atoms with Gasteiger partial charge in [0.05, 0.1) is 6.10 Å². The van der Waals surface area contributed by atoms with E-state index >= 15 is 0 Å². The topological polar surface area (TPSA) is 32.3 Å². The highest BCUT2D eigenvalue weighted by Crippen LogP contribution is 2.39. The molecule has 1 aliphatic carbocycles. The summed E-state index contributed by atoms with van der Waals surface area (Å²) in [4.78, 5) is 0. The normalized spacial score (nSPS) is 24.9. The fourth-order valence-corrected chi connectivity index (χ4v) is 2.66. The molecule has 0 bridgehead atoms. The van der Waals surface area contributed by atoms with Gasteiger partial charge in [-0.25, -0.2) is 0 Å². The molecule has 1 fully saturated rings. The molecule has 1 unspecified atom stereocenters. The number of aliphatic hydroxyl groups excluding tert-OH is 1. The van der Waals surface area contributed by atoms with E-state index in [0.29, 0.717) is 24.4 Å². The van der Waals surface area contributed by atoms with Crippen LogP contribution in [0.15, 0.2) is 24.3 Å². The molecule has 0 radical (unpaired) electrons. The summed E-state index contributed by atoms with van der Waals surface area (Å²) in [5, 5.41) is 14.0. The van der Waals surface area contributed by atoms with Gasteiger partial charge in [-0.15, -0.1) is 0 Å². The average molecular weight is 268 g/mol. The third-order valence-electron chi connectivity index (χ3n) is 3.87. The van der Waals surface area contributed by atoms with Crippen molar-refractivity contribution in [3.05, 3.63) is 34.9 Å². The van der Waals surface area contributed by atoms with Gasteiger partial charge in [0.25, 0.3) is 0 Å². The summed E-state index contributed by atoms with van der Waals surface area (Å²) in [6.07, 6.45) is 1.99. The number of hydrogen-bond acceptors (Lipinski definition) is 2. The first kappa shape index (κ1) is 13.9. The number of hydrogen-bond donors (Lipinski definition) is 2. The van der Waals surface area contributed by atoms with E-state index in [1.54, 1.807) is 0 Å². The Morgan fingerprint density at radius 2 is 2.00 bits per heavy atom. The van der Waals surface area contributed by atoms with Crippen LogP contribution < -0.4 is 5.32 Å². The molecule has 2 nitrogen and oxygen atoms in total. The summed E-state index contributed by atoms with van der Waals surface area (Å²) < 4.78 is 0. The van der Waals surface area contributed by atoms with Crippen LogP contribution >= 0.6 is 11.6 Å². The lowest BCUT2D eigenvalue weighted by molar-refractivity contribution is 0.112. The monoisotopic (exact) mass is 267 g/mol. The average Bonchev–Trinajstić information content (AvgIpc) is 2.28. The van der Waals surface area contributed by atoms with Gasteiger partial charge in [-0.05, 0) is 36.3 Å². The molecule has 2 rings (SSSR count). The molecule has 18 heavy (non-hydrogen) atoms. The van der Waals surface area contributed by atoms with E-state index in [0.717, 1.165) is 17.9 Å². The highest BCUT2D eigenvalue weighted by atomic mass is 35.5. The standard InChI is InChI=1S/C15H22ClNO/c1-10(2)15(18)9-17-12-7-11(8-12)13-5-3-4-6-14(13)16/h3-6,10-12,15,17-18H,7-9H2,1-2H3. The lowest BCUT2D eigenvalue weighted by Gasteiger charge is -2.37. The molecule has 1 aromatic rings. The summed E-state index contributed by atoms with van der Waals surface area (Å²) in [7, 11) is 0. The molecule has 0 heterocycles. The van der Waals surface area contributed by atoms with Crippen LogP contribution in [0.1, 0.15) is 38.2 Å². The van der Waals surface area contributed by atoms with Crippen molar-refractivity contribution < 1.29 is 5.11 Å². The Hall–Kier alpha value is -0.570. The predicted octanol–water partition coefficient (Wildman–Crippen LogP) is 3.19. The van der Waals surface area contributed by atoms with E-state index in [1.165, 1.54) is 5.56 Å². The van der Waals surface area contributed by atoms with Crippen LogP contribution in [-0.4, -0.2) is 23.8 Å². The molecular weight excluding hydrogens is 246 g/mol. The summed E-state index contributed by atoms with van der Waals surface area (Å²) in [5.74, 6) is 0.893. The Kier molecular flexibility index (Phi) is 4.66. The van der Waals surface area contributed by atoms with Crippen molar-refractivity contribution in [3.63, 3.8) is 0 Å². The Morgan fingerprint density at radius 3 is 2.61 bits per heavy atom. The second-order valence-corrected chi connectivity index (χ2v) is 6.01. The van der Waals surface area contributed by atoms with Crippen molar-refractivity contribution in [2.24, 2.45) is 5.92 Å². The molecule has 1 atom stereocenters. The number of halogens is 1. The molecule has 0 aromatic heterocycles. The van der Waals surface area contributed by atoms with Crippen molar-refractivity contribution in [1.29, 1.82) is 0 Å². The number of rotatable bonds is 5. The van der Waals surface area contributed by atoms with Crippen LogP contribution in [0.2, 0.25) is 5.02 Å². The van der Waals surface area contributed by atoms with Gasteiger partial charge in [0.2, 0.25) is 0 Å². The Bertz CT molecular complexity index is 388. The lowest BCUT2D eigenvalue weighted by atomic mass is 9.76. The summed E-state index contributed by atoms with van der Waals surface area (Å²) in [6.45, 7) is 4.77. The fourth-order valence-electron chi connectivity index (χ4n) is 2.37. The molecule has 2 N–H and O–H groups in total. The van der Waals surface area contributed by atoms with Gasteiger partial charge < -0.3 is 10.4 Å². The van der Waals surface area contributed by atoms with E-state index in [9.17, 15) is 5.11 Å². The van der Waals surface area contributed by atoms with E-state index in [-0.39, 0.29) is 6.10 Å². The number of benzene rings is 1. The lowest BCUT2D eigenvalue weighted by Crippen LogP contribution is -2.44. The Balaban J connectivity index is 1.76. The van der Waals surface area contributed by atoms with Crippen LogP contribution in [0.5, 0.6) is 0 Å². The number of nitrogens with one attached hydrogen (secondary N) is 1. The smallest absolute Gasteiger partial charge is 0.0687 e. The molecule has 0 amide bonds. The molecule has 0 aliphatic heterocycles. The molecule has 3 heteroatoms. The van der Waals surface area contributed by atoms with Gasteiger partial charge in [-0.3, -0.25) is 0 Å². The molecule has 1 aromatic carbocycles. The van der Waals surface area contributed by atoms with E-state index in [4.69, 9.17) is 11.6 Å². The van der Waals surface area contributed by atoms with Gasteiger partial charge in [0, 0.05) is 17.6 Å². The molecule has 100 valence electrons. The van der Waals surface area contributed by atoms with Crippen molar-refractivity contribution in [2.75, 3.05) is 6.54 Å². The van der Waals surface area contributed by atoms with Crippen molar-refractivity contribution in [1.82, 2.24) is 5.32 Å². The van der Waals surface area contributed by atoms with Crippen molar-refractivity contribution in [3.8, 4) is 0 Å². The highest BCUT2D eigenvalue weighted by Gasteiger charge is 2.31. The minimum absolute atomic E-state index is 0.246. The van der Waals surface area contributed by atoms with Crippen molar-refractivity contribution >= 4 is 11.6 Å². The molecule has 0 spiro atoms. The van der Waals surface area contributed by atoms with Crippen molar-refractivity contribution in [2.45, 2.75) is 44.8 Å². The van der Waals surface area contributed by atoms with Crippen LogP contribution in [-0.2, 0) is 0 Å². The zero-order valence-corrected chi connectivity index (χ0v) is 11.8. The van der Waals surface area contributed by atoms with Gasteiger partial charge in [-0.1, -0.05) is 43.6 Å². The largest absolute Gasteiger partial charge is 0.392 e. The molecule has 1 saturated carbocycles. The third kappa shape index (κ3) is 3.25. The summed E-state index contributed by atoms with van der Waals surface area (Å²) >= 11 is 6.19. The zero-order valence-electron chi connectivity index (χ0n) is 11.1. The number of aliphatic hydroxyl groups is 1. The molecule has 1 aliphatic rings. The van der Waals surface area contributed by atoms with Gasteiger partial charge >= 0.3 is 0 Å². The van der Waals surface area contributed by atoms with E-state index in [1.807, 2.05) is 32.0 Å². The first-order valence-electron chi connectivity index (χ1n) is 6.73. The van der Waals surface area contributed by atoms with Crippen LogP contribution in [0.25, 0.3) is 0 Å². The summed E-state index contributed by atoms with van der Waals surface area (Å²) in [6, 6.07) is 8.62. The Morgan fingerprint density at radius 1 is 1.33 bits per heavy atom. The maximum atomic E-state index is 9.74. The third-order valence-corrected chi connectivity index (χ3v) is 4.21. The van der Waals surface area contributed by atoms with Gasteiger partial charge in [0.1, 0.15) is 0 Å². The minimum Gasteiger partial charge on any atom is -0.392 e. The summed E-state index contributed by atoms with van der Waals surface area (Å²) in [5.41, 5.74) is 1.27. The first-order chi connectivity index (χ1) is 8.58. The zero-order chi connectivity index (χ0) is 13.1. The van der Waals surface area contributed by atoms with E-state index in [2.05, 4.69) is 11.4 Å². The quantitative estimate of drug-likeness (QED) is 0.859. The second-order valence-electron chi connectivity index (χ2n) is 5.61. The maximum absolute atomic E-state index is 9.74. The van der Waals surface area contributed by atoms with Crippen LogP contribution in [0, 0.1) is 5.92 Å². The molecular formula is C15H22ClNO. The molecule has 0 saturated heterocycles. The first-order valence-corrected chi connectivity index (χ1v) is 7.11. The second kappa shape index (κ2) is 6.05.